The maximum Gasteiger partial charge on any atom is 0.344 e. The minimum Gasteiger partial charge on any atom is -0.479 e. The second-order valence-corrected chi connectivity index (χ2v) is 7.12. The number of hydrogen-bond acceptors (Lipinski definition) is 5. The summed E-state index contributed by atoms with van der Waals surface area (Å²) in [6.45, 7) is 3.88. The van der Waals surface area contributed by atoms with Crippen LogP contribution in [0.25, 0.3) is 0 Å². The highest BCUT2D eigenvalue weighted by molar-refractivity contribution is 5.93. The highest BCUT2D eigenvalue weighted by Gasteiger charge is 2.51. The average Bonchev–Trinajstić information content (AvgIpc) is 2.81. The van der Waals surface area contributed by atoms with Crippen LogP contribution in [-0.2, 0) is 9.63 Å². The molecule has 140 valence electrons. The molecular weight excluding hydrogens is 322 g/mol. The first kappa shape index (κ1) is 19.7. The summed E-state index contributed by atoms with van der Waals surface area (Å²) in [6, 6.07) is 0. The Bertz CT molecular complexity index is 546. The molecular formula is C19H29NO5. The van der Waals surface area contributed by atoms with Gasteiger partial charge in [0.1, 0.15) is 6.10 Å². The van der Waals surface area contributed by atoms with Crippen molar-refractivity contribution in [3.63, 3.8) is 0 Å². The van der Waals surface area contributed by atoms with Gasteiger partial charge in [0.15, 0.2) is 0 Å². The molecule has 0 aromatic rings. The van der Waals surface area contributed by atoms with Crippen molar-refractivity contribution >= 4 is 11.7 Å². The molecule has 2 saturated carbocycles. The molecule has 0 radical (unpaired) electrons. The smallest absolute Gasteiger partial charge is 0.344 e. The van der Waals surface area contributed by atoms with Gasteiger partial charge in [-0.25, -0.2) is 4.79 Å². The summed E-state index contributed by atoms with van der Waals surface area (Å²) in [4.78, 5) is 15.2. The second kappa shape index (κ2) is 9.21. The van der Waals surface area contributed by atoms with Crippen molar-refractivity contribution in [3.8, 4) is 11.8 Å². The number of aliphatic carboxylic acids is 1. The zero-order chi connectivity index (χ0) is 18.4. The Morgan fingerprint density at radius 1 is 1.36 bits per heavy atom. The minimum absolute atomic E-state index is 0.116. The Hall–Kier alpha value is -1.58. The van der Waals surface area contributed by atoms with E-state index in [-0.39, 0.29) is 17.8 Å². The van der Waals surface area contributed by atoms with E-state index in [1.54, 1.807) is 0 Å². The molecule has 25 heavy (non-hydrogen) atoms. The molecule has 0 heterocycles. The normalized spacial score (nSPS) is 30.4. The molecule has 0 saturated heterocycles. The van der Waals surface area contributed by atoms with Crippen molar-refractivity contribution in [3.05, 3.63) is 0 Å². The standard InChI is InChI=1S/C19H29NO5/c1-3-12(4-2)5-7-14(21)8-6-13-9-15-16(19(13)24)10-17(15)20-25-11-18(22)23/h12-16,19,21,24H,3-5,7,9-11H2,1-2H3,(H,22,23)/b20-17-. The number of carbonyl (C=O) groups is 1. The Kier molecular flexibility index (Phi) is 7.27. The maximum absolute atomic E-state index is 10.4. The minimum atomic E-state index is -1.06. The summed E-state index contributed by atoms with van der Waals surface area (Å²) in [5.74, 6) is 5.59. The number of fused-ring (bicyclic) bond motifs is 1. The molecule has 2 aliphatic rings. The lowest BCUT2D eigenvalue weighted by Crippen LogP contribution is -2.38. The molecule has 0 aromatic heterocycles. The van der Waals surface area contributed by atoms with E-state index in [4.69, 9.17) is 9.94 Å². The molecule has 2 rings (SSSR count). The molecule has 2 fully saturated rings. The zero-order valence-corrected chi connectivity index (χ0v) is 15.0. The van der Waals surface area contributed by atoms with Crippen LogP contribution in [0.15, 0.2) is 5.16 Å². The van der Waals surface area contributed by atoms with Crippen LogP contribution in [0.1, 0.15) is 52.4 Å². The largest absolute Gasteiger partial charge is 0.479 e. The Labute approximate surface area is 149 Å². The summed E-state index contributed by atoms with van der Waals surface area (Å²) >= 11 is 0. The van der Waals surface area contributed by atoms with E-state index in [1.165, 1.54) is 0 Å². The third-order valence-electron chi connectivity index (χ3n) is 5.56. The molecule has 0 aromatic carbocycles. The molecule has 3 N–H and O–H groups in total. The van der Waals surface area contributed by atoms with E-state index < -0.39 is 24.8 Å². The monoisotopic (exact) mass is 351 g/mol. The number of carboxylic acid groups (broad SMARTS) is 1. The van der Waals surface area contributed by atoms with Crippen LogP contribution in [-0.4, -0.2) is 45.8 Å². The van der Waals surface area contributed by atoms with E-state index in [9.17, 15) is 15.0 Å². The fourth-order valence-corrected chi connectivity index (χ4v) is 3.79. The van der Waals surface area contributed by atoms with Gasteiger partial charge >= 0.3 is 5.97 Å². The predicted octanol–water partition coefficient (Wildman–Crippen LogP) is 2.04. The Morgan fingerprint density at radius 2 is 2.08 bits per heavy atom. The van der Waals surface area contributed by atoms with Crippen LogP contribution >= 0.6 is 0 Å². The quantitative estimate of drug-likeness (QED) is 0.459. The van der Waals surface area contributed by atoms with Gasteiger partial charge < -0.3 is 20.2 Å². The van der Waals surface area contributed by atoms with Gasteiger partial charge in [-0.2, -0.15) is 0 Å². The van der Waals surface area contributed by atoms with E-state index in [0.717, 1.165) is 25.0 Å². The highest BCUT2D eigenvalue weighted by Crippen LogP contribution is 2.47. The lowest BCUT2D eigenvalue weighted by molar-refractivity contribution is -0.142. The molecule has 0 spiro atoms. The Morgan fingerprint density at radius 3 is 2.72 bits per heavy atom. The molecule has 2 aliphatic carbocycles. The van der Waals surface area contributed by atoms with Crippen molar-refractivity contribution in [2.24, 2.45) is 28.8 Å². The van der Waals surface area contributed by atoms with Gasteiger partial charge in [0, 0.05) is 11.8 Å². The fourth-order valence-electron chi connectivity index (χ4n) is 3.79. The molecule has 0 amide bonds. The molecule has 6 heteroatoms. The van der Waals surface area contributed by atoms with E-state index in [1.807, 2.05) is 0 Å². The van der Waals surface area contributed by atoms with Gasteiger partial charge in [0.2, 0.25) is 6.61 Å². The Balaban J connectivity index is 1.82. The van der Waals surface area contributed by atoms with Crippen LogP contribution in [0.2, 0.25) is 0 Å². The number of aliphatic hydroxyl groups excluding tert-OH is 2. The summed E-state index contributed by atoms with van der Waals surface area (Å²) < 4.78 is 0. The van der Waals surface area contributed by atoms with Crippen molar-refractivity contribution in [2.45, 2.75) is 64.6 Å². The van der Waals surface area contributed by atoms with Crippen molar-refractivity contribution < 1.29 is 25.0 Å². The number of aliphatic hydroxyl groups is 2. The first-order valence-corrected chi connectivity index (χ1v) is 9.23. The van der Waals surface area contributed by atoms with Crippen molar-refractivity contribution in [1.29, 1.82) is 0 Å². The SMILES string of the molecule is CCC(CC)CCC(O)C#CC1CC2/C(=N\OCC(=O)O)CC2C1O. The van der Waals surface area contributed by atoms with Crippen molar-refractivity contribution in [1.82, 2.24) is 0 Å². The lowest BCUT2D eigenvalue weighted by Gasteiger charge is -2.33. The van der Waals surface area contributed by atoms with Gasteiger partial charge in [0.05, 0.1) is 11.8 Å². The molecule has 0 bridgehead atoms. The predicted molar refractivity (Wildman–Crippen MR) is 93.8 cm³/mol. The number of oxime groups is 1. The lowest BCUT2D eigenvalue weighted by atomic mass is 9.73. The highest BCUT2D eigenvalue weighted by atomic mass is 16.6. The van der Waals surface area contributed by atoms with Crippen molar-refractivity contribution in [2.75, 3.05) is 6.61 Å². The summed E-state index contributed by atoms with van der Waals surface area (Å²) in [5, 5.41) is 32.8. The van der Waals surface area contributed by atoms with Gasteiger partial charge in [-0.05, 0) is 37.5 Å². The van der Waals surface area contributed by atoms with E-state index in [0.29, 0.717) is 25.2 Å². The number of carboxylic acids is 1. The first-order valence-electron chi connectivity index (χ1n) is 9.23. The van der Waals surface area contributed by atoms with Crippen LogP contribution in [0.5, 0.6) is 0 Å². The zero-order valence-electron chi connectivity index (χ0n) is 15.0. The van der Waals surface area contributed by atoms with E-state index >= 15 is 0 Å². The van der Waals surface area contributed by atoms with E-state index in [2.05, 4.69) is 30.8 Å². The topological polar surface area (TPSA) is 99.4 Å². The van der Waals surface area contributed by atoms with Crippen LogP contribution in [0, 0.1) is 35.5 Å². The van der Waals surface area contributed by atoms with Gasteiger partial charge in [-0.15, -0.1) is 0 Å². The molecule has 5 unspecified atom stereocenters. The maximum atomic E-state index is 10.4. The summed E-state index contributed by atoms with van der Waals surface area (Å²) in [7, 11) is 0. The summed E-state index contributed by atoms with van der Waals surface area (Å²) in [5.41, 5.74) is 0.809. The third-order valence-corrected chi connectivity index (χ3v) is 5.56. The number of nitrogens with zero attached hydrogens (tertiary/aromatic N) is 1. The second-order valence-electron chi connectivity index (χ2n) is 7.12. The average molecular weight is 351 g/mol. The summed E-state index contributed by atoms with van der Waals surface area (Å²) in [6.07, 6.45) is 4.04. The van der Waals surface area contributed by atoms with Crippen LogP contribution in [0.4, 0.5) is 0 Å². The molecule has 5 atom stereocenters. The molecule has 0 aliphatic heterocycles. The van der Waals surface area contributed by atoms with Crippen LogP contribution < -0.4 is 0 Å². The van der Waals surface area contributed by atoms with Gasteiger partial charge in [-0.3, -0.25) is 0 Å². The van der Waals surface area contributed by atoms with Crippen LogP contribution in [0.3, 0.4) is 0 Å². The number of rotatable bonds is 8. The fraction of sp³-hybridized carbons (Fsp3) is 0.789. The van der Waals surface area contributed by atoms with Gasteiger partial charge in [0.25, 0.3) is 0 Å². The third kappa shape index (κ3) is 5.20. The van der Waals surface area contributed by atoms with Gasteiger partial charge in [-0.1, -0.05) is 43.7 Å². The molecule has 6 nitrogen and oxygen atoms in total. The first-order chi connectivity index (χ1) is 12.0. The number of hydrogen-bond donors (Lipinski definition) is 3.